The number of aromatic nitrogens is 3. The largest absolute Gasteiger partial charge is 0.497 e. The number of rotatable bonds is 6. The molecule has 0 N–H and O–H groups in total. The standard InChI is InChI=1S/C25H19N3O5/c1-15-22-20(12-21(27-24(22)33-28-15)16-6-4-3-5-7-16)25(29)32-14-18-13-31-23(26-18)17-8-10-19(30-2)11-9-17/h3-13H,14H2,1-2H3. The first-order valence-electron chi connectivity index (χ1n) is 10.2. The van der Waals surface area contributed by atoms with Crippen LogP contribution < -0.4 is 4.74 Å². The van der Waals surface area contributed by atoms with Crippen molar-refractivity contribution in [1.29, 1.82) is 0 Å². The molecule has 5 aromatic rings. The zero-order valence-electron chi connectivity index (χ0n) is 17.9. The van der Waals surface area contributed by atoms with Crippen molar-refractivity contribution in [1.82, 2.24) is 15.1 Å². The molecule has 5 rings (SSSR count). The fourth-order valence-electron chi connectivity index (χ4n) is 3.47. The number of aryl methyl sites for hydroxylation is 1. The third-order valence-electron chi connectivity index (χ3n) is 5.15. The van der Waals surface area contributed by atoms with Gasteiger partial charge in [0.2, 0.25) is 5.89 Å². The zero-order chi connectivity index (χ0) is 22.8. The van der Waals surface area contributed by atoms with Crippen LogP contribution in [0.2, 0.25) is 0 Å². The van der Waals surface area contributed by atoms with Gasteiger partial charge in [0, 0.05) is 11.1 Å². The average molecular weight is 441 g/mol. The number of nitrogens with zero attached hydrogens (tertiary/aromatic N) is 3. The van der Waals surface area contributed by atoms with Crippen molar-refractivity contribution in [2.75, 3.05) is 7.11 Å². The Morgan fingerprint density at radius 2 is 1.79 bits per heavy atom. The van der Waals surface area contributed by atoms with E-state index in [0.29, 0.717) is 33.9 Å². The minimum Gasteiger partial charge on any atom is -0.497 e. The molecule has 0 saturated carbocycles. The van der Waals surface area contributed by atoms with Crippen molar-refractivity contribution in [3.8, 4) is 28.5 Å². The van der Waals surface area contributed by atoms with E-state index >= 15 is 0 Å². The van der Waals surface area contributed by atoms with Crippen LogP contribution in [0.15, 0.2) is 75.9 Å². The van der Waals surface area contributed by atoms with E-state index in [9.17, 15) is 4.79 Å². The van der Waals surface area contributed by atoms with Gasteiger partial charge in [-0.05, 0) is 37.3 Å². The number of carbonyl (C=O) groups excluding carboxylic acids is 1. The van der Waals surface area contributed by atoms with Crippen LogP contribution in [-0.2, 0) is 11.3 Å². The van der Waals surface area contributed by atoms with E-state index in [1.54, 1.807) is 20.1 Å². The van der Waals surface area contributed by atoms with Gasteiger partial charge in [-0.2, -0.15) is 0 Å². The smallest absolute Gasteiger partial charge is 0.339 e. The van der Waals surface area contributed by atoms with Crippen molar-refractivity contribution < 1.29 is 23.2 Å². The van der Waals surface area contributed by atoms with Crippen molar-refractivity contribution in [3.05, 3.63) is 83.9 Å². The highest BCUT2D eigenvalue weighted by atomic mass is 16.5. The zero-order valence-corrected chi connectivity index (χ0v) is 17.9. The lowest BCUT2D eigenvalue weighted by Gasteiger charge is -2.07. The van der Waals surface area contributed by atoms with Crippen molar-refractivity contribution in [3.63, 3.8) is 0 Å². The van der Waals surface area contributed by atoms with Gasteiger partial charge in [-0.15, -0.1) is 0 Å². The Morgan fingerprint density at radius 1 is 1.00 bits per heavy atom. The normalized spacial score (nSPS) is 11.0. The number of hydrogen-bond donors (Lipinski definition) is 0. The lowest BCUT2D eigenvalue weighted by molar-refractivity contribution is 0.0470. The lowest BCUT2D eigenvalue weighted by atomic mass is 10.1. The van der Waals surface area contributed by atoms with Crippen molar-refractivity contribution >= 4 is 17.1 Å². The topological polar surface area (TPSA) is 100 Å². The molecule has 2 aromatic carbocycles. The first kappa shape index (κ1) is 20.4. The fraction of sp³-hybridized carbons (Fsp3) is 0.120. The highest BCUT2D eigenvalue weighted by Crippen LogP contribution is 2.28. The summed E-state index contributed by atoms with van der Waals surface area (Å²) in [7, 11) is 1.60. The summed E-state index contributed by atoms with van der Waals surface area (Å²) in [5, 5.41) is 4.49. The summed E-state index contributed by atoms with van der Waals surface area (Å²) in [5.41, 5.74) is 3.90. The molecule has 0 unspecified atom stereocenters. The predicted molar refractivity (Wildman–Crippen MR) is 120 cm³/mol. The second-order valence-corrected chi connectivity index (χ2v) is 7.32. The molecule has 0 aliphatic rings. The van der Waals surface area contributed by atoms with Gasteiger partial charge in [0.15, 0.2) is 0 Å². The van der Waals surface area contributed by atoms with Gasteiger partial charge in [-0.1, -0.05) is 35.5 Å². The number of pyridine rings is 1. The van der Waals surface area contributed by atoms with E-state index < -0.39 is 5.97 Å². The van der Waals surface area contributed by atoms with Gasteiger partial charge in [0.05, 0.1) is 29.4 Å². The van der Waals surface area contributed by atoms with Gasteiger partial charge in [-0.25, -0.2) is 14.8 Å². The molecule has 0 aliphatic carbocycles. The van der Waals surface area contributed by atoms with E-state index in [1.807, 2.05) is 54.6 Å². The number of esters is 1. The van der Waals surface area contributed by atoms with Crippen LogP contribution in [0.3, 0.4) is 0 Å². The summed E-state index contributed by atoms with van der Waals surface area (Å²) in [6.45, 7) is 1.71. The van der Waals surface area contributed by atoms with Crippen LogP contribution in [0.25, 0.3) is 33.8 Å². The molecule has 8 nitrogen and oxygen atoms in total. The van der Waals surface area contributed by atoms with Gasteiger partial charge in [0.25, 0.3) is 5.71 Å². The molecule has 0 aliphatic heterocycles. The Morgan fingerprint density at radius 3 is 2.55 bits per heavy atom. The van der Waals surface area contributed by atoms with Crippen LogP contribution in [0.1, 0.15) is 21.7 Å². The minimum absolute atomic E-state index is 0.0483. The predicted octanol–water partition coefficient (Wildman–Crippen LogP) is 5.22. The number of carbonyl (C=O) groups is 1. The molecule has 3 aromatic heterocycles. The van der Waals surface area contributed by atoms with Crippen LogP contribution >= 0.6 is 0 Å². The van der Waals surface area contributed by atoms with E-state index in [-0.39, 0.29) is 12.3 Å². The molecule has 0 fully saturated rings. The van der Waals surface area contributed by atoms with E-state index in [2.05, 4.69) is 15.1 Å². The number of oxazole rings is 1. The van der Waals surface area contributed by atoms with E-state index in [1.165, 1.54) is 6.26 Å². The number of ether oxygens (including phenoxy) is 2. The number of benzene rings is 2. The highest BCUT2D eigenvalue weighted by Gasteiger charge is 2.21. The summed E-state index contributed by atoms with van der Waals surface area (Å²) < 4.78 is 21.6. The lowest BCUT2D eigenvalue weighted by Crippen LogP contribution is -2.07. The van der Waals surface area contributed by atoms with Crippen molar-refractivity contribution in [2.24, 2.45) is 0 Å². The van der Waals surface area contributed by atoms with Gasteiger partial charge >= 0.3 is 5.97 Å². The molecule has 0 amide bonds. The molecule has 0 atom stereocenters. The molecule has 0 saturated heterocycles. The summed E-state index contributed by atoms with van der Waals surface area (Å²) in [6, 6.07) is 18.5. The quantitative estimate of drug-likeness (QED) is 0.331. The summed E-state index contributed by atoms with van der Waals surface area (Å²) >= 11 is 0. The SMILES string of the molecule is COc1ccc(-c2nc(COC(=O)c3cc(-c4ccccc4)nc4onc(C)c34)co2)cc1. The Kier molecular flexibility index (Phi) is 5.32. The van der Waals surface area contributed by atoms with E-state index in [4.69, 9.17) is 18.4 Å². The number of fused-ring (bicyclic) bond motifs is 1. The second kappa shape index (κ2) is 8.58. The average Bonchev–Trinajstić information content (AvgIpc) is 3.49. The monoisotopic (exact) mass is 441 g/mol. The van der Waals surface area contributed by atoms with Gasteiger partial charge in [0.1, 0.15) is 24.3 Å². The van der Waals surface area contributed by atoms with E-state index in [0.717, 1.165) is 16.9 Å². The fourth-order valence-corrected chi connectivity index (χ4v) is 3.47. The molecule has 0 spiro atoms. The highest BCUT2D eigenvalue weighted by molar-refractivity contribution is 6.04. The maximum atomic E-state index is 13.0. The first-order valence-corrected chi connectivity index (χ1v) is 10.2. The number of hydrogen-bond acceptors (Lipinski definition) is 8. The molecule has 164 valence electrons. The van der Waals surface area contributed by atoms with Crippen LogP contribution in [0.5, 0.6) is 5.75 Å². The first-order chi connectivity index (χ1) is 16.1. The minimum atomic E-state index is -0.528. The molecule has 33 heavy (non-hydrogen) atoms. The van der Waals surface area contributed by atoms with Gasteiger partial charge in [-0.3, -0.25) is 0 Å². The van der Waals surface area contributed by atoms with Gasteiger partial charge < -0.3 is 18.4 Å². The summed E-state index contributed by atoms with van der Waals surface area (Å²) in [6.07, 6.45) is 1.47. The summed E-state index contributed by atoms with van der Waals surface area (Å²) in [5.74, 6) is 0.637. The number of methoxy groups -OCH3 is 1. The molecular formula is C25H19N3O5. The second-order valence-electron chi connectivity index (χ2n) is 7.32. The van der Waals surface area contributed by atoms with Crippen molar-refractivity contribution in [2.45, 2.75) is 13.5 Å². The molecule has 8 heteroatoms. The molecule has 3 heterocycles. The molecule has 0 radical (unpaired) electrons. The van der Waals surface area contributed by atoms with Crippen LogP contribution in [0, 0.1) is 6.92 Å². The Hall–Kier alpha value is -4.46. The molecular weight excluding hydrogens is 422 g/mol. The Bertz CT molecular complexity index is 1420. The maximum Gasteiger partial charge on any atom is 0.339 e. The Labute approximate surface area is 188 Å². The third kappa shape index (κ3) is 4.06. The third-order valence-corrected chi connectivity index (χ3v) is 5.15. The maximum absolute atomic E-state index is 13.0. The van der Waals surface area contributed by atoms with Crippen LogP contribution in [0.4, 0.5) is 0 Å². The molecule has 0 bridgehead atoms. The summed E-state index contributed by atoms with van der Waals surface area (Å²) in [4.78, 5) is 21.9. The van der Waals surface area contributed by atoms with Crippen LogP contribution in [-0.4, -0.2) is 28.2 Å². The Balaban J connectivity index is 1.38.